The minimum Gasteiger partial charge on any atom is -0.480 e. The molecular formula is C40H46N2O6S. The van der Waals surface area contributed by atoms with Crippen LogP contribution >= 0.6 is 11.8 Å². The summed E-state index contributed by atoms with van der Waals surface area (Å²) in [5, 5.41) is 13.3. The van der Waals surface area contributed by atoms with E-state index in [1.54, 1.807) is 46.4 Å². The molecule has 0 bridgehead atoms. The number of ether oxygens (including phenoxy) is 2. The van der Waals surface area contributed by atoms with Crippen LogP contribution in [0, 0.1) is 5.92 Å². The predicted octanol–water partition coefficient (Wildman–Crippen LogP) is 8.35. The zero-order chi connectivity index (χ0) is 35.4. The minimum absolute atomic E-state index is 0.0291. The highest BCUT2D eigenvalue weighted by Gasteiger charge is 2.40. The van der Waals surface area contributed by atoms with E-state index >= 15 is 0 Å². The fourth-order valence-electron chi connectivity index (χ4n) is 5.73. The van der Waals surface area contributed by atoms with Crippen molar-refractivity contribution >= 4 is 29.9 Å². The molecule has 0 fully saturated rings. The highest BCUT2D eigenvalue weighted by Crippen LogP contribution is 2.48. The lowest BCUT2D eigenvalue weighted by atomic mass is 9.84. The van der Waals surface area contributed by atoms with Gasteiger partial charge in [-0.3, -0.25) is 4.90 Å². The molecule has 0 saturated heterocycles. The Hall–Kier alpha value is -4.76. The molecule has 4 aromatic carbocycles. The number of nitrogens with one attached hydrogen (secondary N) is 1. The van der Waals surface area contributed by atoms with Crippen molar-refractivity contribution in [1.82, 2.24) is 10.2 Å². The Morgan fingerprint density at radius 1 is 0.755 bits per heavy atom. The Morgan fingerprint density at radius 2 is 1.20 bits per heavy atom. The number of nitrogens with zero attached hydrogens (tertiary/aromatic N) is 1. The van der Waals surface area contributed by atoms with E-state index in [0.717, 1.165) is 22.3 Å². The van der Waals surface area contributed by atoms with E-state index in [0.29, 0.717) is 0 Å². The molecule has 0 spiro atoms. The van der Waals surface area contributed by atoms with Gasteiger partial charge < -0.3 is 19.9 Å². The van der Waals surface area contributed by atoms with Gasteiger partial charge in [-0.05, 0) is 48.9 Å². The number of hydrogen-bond acceptors (Lipinski definition) is 6. The molecule has 4 aromatic rings. The maximum atomic E-state index is 13.8. The van der Waals surface area contributed by atoms with E-state index in [2.05, 4.69) is 41.7 Å². The topological polar surface area (TPSA) is 105 Å². The summed E-state index contributed by atoms with van der Waals surface area (Å²) >= 11 is 1.59. The number of aliphatic carboxylic acids is 1. The van der Waals surface area contributed by atoms with Gasteiger partial charge in [-0.2, -0.15) is 0 Å². The Balaban J connectivity index is 1.77. The third kappa shape index (κ3) is 10.1. The molecule has 0 aromatic heterocycles. The summed E-state index contributed by atoms with van der Waals surface area (Å²) in [7, 11) is 0. The third-order valence-corrected chi connectivity index (χ3v) is 9.55. The van der Waals surface area contributed by atoms with Crippen LogP contribution in [0.3, 0.4) is 0 Å². The van der Waals surface area contributed by atoms with Gasteiger partial charge in [-0.1, -0.05) is 135 Å². The van der Waals surface area contributed by atoms with Crippen molar-refractivity contribution in [3.05, 3.63) is 144 Å². The number of alkyl carbamates (subject to hydrolysis) is 1. The molecule has 4 rings (SSSR count). The quantitative estimate of drug-likeness (QED) is 0.129. The minimum atomic E-state index is -1.21. The molecule has 9 heteroatoms. The number of rotatable bonds is 14. The molecule has 8 nitrogen and oxygen atoms in total. The second-order valence-electron chi connectivity index (χ2n) is 13.2. The first-order chi connectivity index (χ1) is 23.4. The van der Waals surface area contributed by atoms with E-state index < -0.39 is 46.5 Å². The summed E-state index contributed by atoms with van der Waals surface area (Å²) in [6.45, 7) is 8.64. The highest BCUT2D eigenvalue weighted by atomic mass is 32.2. The van der Waals surface area contributed by atoms with Gasteiger partial charge in [0.1, 0.15) is 18.2 Å². The van der Waals surface area contributed by atoms with Gasteiger partial charge in [0, 0.05) is 12.3 Å². The highest BCUT2D eigenvalue weighted by molar-refractivity contribution is 8.00. The van der Waals surface area contributed by atoms with Crippen molar-refractivity contribution in [3.8, 4) is 0 Å². The second kappa shape index (κ2) is 17.1. The summed E-state index contributed by atoms with van der Waals surface area (Å²) in [6.07, 6.45) is -1.46. The van der Waals surface area contributed by atoms with Crippen molar-refractivity contribution in [2.75, 3.05) is 12.3 Å². The number of thioether (sulfide) groups is 1. The molecule has 258 valence electrons. The molecule has 2 unspecified atom stereocenters. The van der Waals surface area contributed by atoms with E-state index in [9.17, 15) is 19.5 Å². The fourth-order valence-corrected chi connectivity index (χ4v) is 7.28. The van der Waals surface area contributed by atoms with Crippen LogP contribution in [0.25, 0.3) is 0 Å². The normalized spacial score (nSPS) is 12.9. The SMILES string of the molecule is CC(C)C(C(=O)O)N(CC(CSC(c1ccccc1)(c1ccccc1)c1ccccc1)NC(=O)OC(C)(C)C)C(=O)OCc1ccccc1. The van der Waals surface area contributed by atoms with Gasteiger partial charge >= 0.3 is 18.2 Å². The van der Waals surface area contributed by atoms with E-state index in [-0.39, 0.29) is 18.9 Å². The lowest BCUT2D eigenvalue weighted by molar-refractivity contribution is -0.144. The first kappa shape index (κ1) is 37.1. The lowest BCUT2D eigenvalue weighted by Crippen LogP contribution is -2.55. The average Bonchev–Trinajstić information content (AvgIpc) is 3.08. The zero-order valence-electron chi connectivity index (χ0n) is 28.7. The number of carboxylic acids is 1. The zero-order valence-corrected chi connectivity index (χ0v) is 29.6. The maximum Gasteiger partial charge on any atom is 0.410 e. The molecule has 0 saturated carbocycles. The summed E-state index contributed by atoms with van der Waals surface area (Å²) in [4.78, 5) is 41.0. The monoisotopic (exact) mass is 682 g/mol. The summed E-state index contributed by atoms with van der Waals surface area (Å²) in [6, 6.07) is 37.6. The maximum absolute atomic E-state index is 13.8. The molecule has 0 aliphatic rings. The van der Waals surface area contributed by atoms with Crippen LogP contribution in [-0.4, -0.2) is 58.1 Å². The fraction of sp³-hybridized carbons (Fsp3) is 0.325. The molecular weight excluding hydrogens is 637 g/mol. The van der Waals surface area contributed by atoms with Crippen molar-refractivity contribution in [3.63, 3.8) is 0 Å². The number of carboxylic acid groups (broad SMARTS) is 1. The Kier molecular flexibility index (Phi) is 12.9. The molecule has 49 heavy (non-hydrogen) atoms. The number of amides is 2. The molecule has 0 heterocycles. The molecule has 2 amide bonds. The van der Waals surface area contributed by atoms with Crippen molar-refractivity contribution in [1.29, 1.82) is 0 Å². The van der Waals surface area contributed by atoms with Crippen LogP contribution < -0.4 is 5.32 Å². The summed E-state index contributed by atoms with van der Waals surface area (Å²) < 4.78 is 10.6. The van der Waals surface area contributed by atoms with Gasteiger partial charge in [0.15, 0.2) is 0 Å². The first-order valence-corrected chi connectivity index (χ1v) is 17.4. The molecule has 0 aliphatic carbocycles. The number of benzene rings is 4. The Bertz CT molecular complexity index is 1530. The van der Waals surface area contributed by atoms with Crippen molar-refractivity contribution < 1.29 is 29.0 Å². The van der Waals surface area contributed by atoms with Gasteiger partial charge in [0.25, 0.3) is 0 Å². The van der Waals surface area contributed by atoms with Crippen LogP contribution in [0.4, 0.5) is 9.59 Å². The Morgan fingerprint density at radius 3 is 1.61 bits per heavy atom. The lowest BCUT2D eigenvalue weighted by Gasteiger charge is -2.38. The van der Waals surface area contributed by atoms with Crippen LogP contribution in [0.5, 0.6) is 0 Å². The van der Waals surface area contributed by atoms with Gasteiger partial charge in [0.2, 0.25) is 0 Å². The van der Waals surface area contributed by atoms with E-state index in [1.165, 1.54) is 4.90 Å². The predicted molar refractivity (Wildman–Crippen MR) is 194 cm³/mol. The van der Waals surface area contributed by atoms with Crippen LogP contribution in [0.2, 0.25) is 0 Å². The largest absolute Gasteiger partial charge is 0.480 e. The van der Waals surface area contributed by atoms with E-state index in [4.69, 9.17) is 9.47 Å². The van der Waals surface area contributed by atoms with Gasteiger partial charge in [-0.15, -0.1) is 11.8 Å². The van der Waals surface area contributed by atoms with Gasteiger partial charge in [0.05, 0.1) is 10.8 Å². The first-order valence-electron chi connectivity index (χ1n) is 16.4. The van der Waals surface area contributed by atoms with Crippen LogP contribution in [-0.2, 0) is 25.6 Å². The molecule has 0 radical (unpaired) electrons. The summed E-state index contributed by atoms with van der Waals surface area (Å²) in [5.41, 5.74) is 3.07. The second-order valence-corrected chi connectivity index (χ2v) is 14.4. The standard InChI is InChI=1S/C40H46N2O6S/c1-29(2)35(36(43)44)42(38(46)47-27-30-18-10-6-11-19-30)26-34(41-37(45)48-39(3,4)5)28-49-40(31-20-12-7-13-21-31,32-22-14-8-15-23-32)33-24-16-9-17-25-33/h6-25,29,34-35H,26-28H2,1-5H3,(H,41,45)(H,43,44). The molecule has 2 N–H and O–H groups in total. The van der Waals surface area contributed by atoms with Crippen molar-refractivity contribution in [2.45, 2.75) is 63.7 Å². The molecule has 2 atom stereocenters. The molecule has 0 aliphatic heterocycles. The van der Waals surface area contributed by atoms with Crippen LogP contribution in [0.1, 0.15) is 56.9 Å². The van der Waals surface area contributed by atoms with Crippen molar-refractivity contribution in [2.24, 2.45) is 5.92 Å². The van der Waals surface area contributed by atoms with Crippen LogP contribution in [0.15, 0.2) is 121 Å². The van der Waals surface area contributed by atoms with E-state index in [1.807, 2.05) is 84.9 Å². The third-order valence-electron chi connectivity index (χ3n) is 7.84. The average molecular weight is 683 g/mol. The smallest absolute Gasteiger partial charge is 0.410 e. The number of carbonyl (C=O) groups is 3. The number of carbonyl (C=O) groups excluding carboxylic acids is 2. The summed E-state index contributed by atoms with van der Waals surface area (Å²) in [5.74, 6) is -1.33. The Labute approximate surface area is 293 Å². The van der Waals surface area contributed by atoms with Gasteiger partial charge in [-0.25, -0.2) is 14.4 Å². The number of hydrogen-bond donors (Lipinski definition) is 2.